The monoisotopic (exact) mass is 356 g/mol. The molecule has 3 atom stereocenters. The van der Waals surface area contributed by atoms with Gasteiger partial charge in [0, 0.05) is 13.8 Å². The van der Waals surface area contributed by atoms with Crippen molar-refractivity contribution in [2.45, 2.75) is 32.2 Å². The number of ether oxygens (including phenoxy) is 3. The summed E-state index contributed by atoms with van der Waals surface area (Å²) in [6, 6.07) is 10.9. The van der Waals surface area contributed by atoms with Gasteiger partial charge in [-0.05, 0) is 40.6 Å². The van der Waals surface area contributed by atoms with Crippen LogP contribution in [0.15, 0.2) is 48.6 Å². The molecule has 2 aromatic rings. The molecular weight excluding hydrogens is 336 g/mol. The number of esters is 2. The molecule has 2 aromatic carbocycles. The Hall–Kier alpha value is -2.86. The zero-order valence-electron chi connectivity index (χ0n) is 14.5. The van der Waals surface area contributed by atoms with E-state index < -0.39 is 24.1 Å². The minimum Gasteiger partial charge on any atom is -0.508 e. The molecule has 0 radical (unpaired) electrons. The van der Waals surface area contributed by atoms with E-state index in [0.29, 0.717) is 0 Å². The van der Waals surface area contributed by atoms with Crippen molar-refractivity contribution in [1.29, 1.82) is 0 Å². The van der Waals surface area contributed by atoms with E-state index in [4.69, 9.17) is 14.2 Å². The molecule has 0 saturated heterocycles. The number of rotatable bonds is 4. The van der Waals surface area contributed by atoms with Crippen LogP contribution in [-0.4, -0.2) is 35.9 Å². The maximum absolute atomic E-state index is 11.3. The molecule has 1 heterocycles. The number of phenolic OH excluding ortho intramolecular Hbond substituents is 1. The van der Waals surface area contributed by atoms with Gasteiger partial charge in [-0.2, -0.15) is 0 Å². The topological polar surface area (TPSA) is 82.1 Å². The van der Waals surface area contributed by atoms with Crippen LogP contribution in [0.3, 0.4) is 0 Å². The average molecular weight is 356 g/mol. The molecule has 1 aliphatic rings. The summed E-state index contributed by atoms with van der Waals surface area (Å²) >= 11 is 0. The molecule has 0 amide bonds. The van der Waals surface area contributed by atoms with Crippen molar-refractivity contribution >= 4 is 22.7 Å². The minimum atomic E-state index is -0.611. The van der Waals surface area contributed by atoms with Crippen molar-refractivity contribution in [2.75, 3.05) is 6.61 Å². The first kappa shape index (κ1) is 17.9. The standard InChI is InChI=1S/C20H20O6/c1-12(21)24-11-20-19(25-13(2)22)8-7-18(26-20)16-4-3-15-10-17(23)6-5-14(15)9-16/h3-10,18-20,23H,11H2,1-2H3/t18-,19-,20+/m0/s1. The molecular formula is C20H20O6. The van der Waals surface area contributed by atoms with Crippen LogP contribution in [0, 0.1) is 0 Å². The van der Waals surface area contributed by atoms with Crippen molar-refractivity contribution in [1.82, 2.24) is 0 Å². The second kappa shape index (κ2) is 7.58. The maximum atomic E-state index is 11.3. The summed E-state index contributed by atoms with van der Waals surface area (Å²) < 4.78 is 16.3. The molecule has 1 N–H and O–H groups in total. The molecule has 26 heavy (non-hydrogen) atoms. The first-order valence-corrected chi connectivity index (χ1v) is 8.29. The van der Waals surface area contributed by atoms with Crippen molar-refractivity contribution in [3.05, 3.63) is 54.1 Å². The van der Waals surface area contributed by atoms with Gasteiger partial charge < -0.3 is 19.3 Å². The van der Waals surface area contributed by atoms with Crippen LogP contribution in [-0.2, 0) is 23.8 Å². The van der Waals surface area contributed by atoms with Crippen LogP contribution in [0.2, 0.25) is 0 Å². The highest BCUT2D eigenvalue weighted by Gasteiger charge is 2.31. The second-order valence-corrected chi connectivity index (χ2v) is 6.15. The van der Waals surface area contributed by atoms with E-state index in [1.165, 1.54) is 13.8 Å². The first-order chi connectivity index (χ1) is 12.4. The molecule has 0 aliphatic carbocycles. The third-order valence-corrected chi connectivity index (χ3v) is 4.09. The Labute approximate surface area is 151 Å². The lowest BCUT2D eigenvalue weighted by Gasteiger charge is -2.31. The Morgan fingerprint density at radius 3 is 2.50 bits per heavy atom. The molecule has 3 rings (SSSR count). The Morgan fingerprint density at radius 1 is 1.04 bits per heavy atom. The smallest absolute Gasteiger partial charge is 0.303 e. The maximum Gasteiger partial charge on any atom is 0.303 e. The Kier molecular flexibility index (Phi) is 5.23. The summed E-state index contributed by atoms with van der Waals surface area (Å²) in [7, 11) is 0. The summed E-state index contributed by atoms with van der Waals surface area (Å²) in [6.07, 6.45) is 2.01. The van der Waals surface area contributed by atoms with Gasteiger partial charge in [-0.1, -0.05) is 24.3 Å². The van der Waals surface area contributed by atoms with Crippen LogP contribution in [0.25, 0.3) is 10.8 Å². The lowest BCUT2D eigenvalue weighted by molar-refractivity contribution is -0.163. The third kappa shape index (κ3) is 4.21. The van der Waals surface area contributed by atoms with E-state index >= 15 is 0 Å². The van der Waals surface area contributed by atoms with Gasteiger partial charge in [-0.25, -0.2) is 0 Å². The van der Waals surface area contributed by atoms with Crippen LogP contribution in [0.5, 0.6) is 5.75 Å². The average Bonchev–Trinajstić information content (AvgIpc) is 2.60. The number of hydrogen-bond donors (Lipinski definition) is 1. The van der Waals surface area contributed by atoms with Gasteiger partial charge in [0.15, 0.2) is 0 Å². The van der Waals surface area contributed by atoms with E-state index in [1.807, 2.05) is 30.3 Å². The Morgan fingerprint density at radius 2 is 1.77 bits per heavy atom. The predicted molar refractivity (Wildman–Crippen MR) is 94.6 cm³/mol. The molecule has 136 valence electrons. The predicted octanol–water partition coefficient (Wildman–Crippen LogP) is 3.04. The zero-order chi connectivity index (χ0) is 18.7. The van der Waals surface area contributed by atoms with Crippen molar-refractivity contribution < 1.29 is 28.9 Å². The van der Waals surface area contributed by atoms with Crippen molar-refractivity contribution in [2.24, 2.45) is 0 Å². The second-order valence-electron chi connectivity index (χ2n) is 6.15. The van der Waals surface area contributed by atoms with Crippen molar-refractivity contribution in [3.8, 4) is 5.75 Å². The molecule has 6 heteroatoms. The van der Waals surface area contributed by atoms with Crippen LogP contribution in [0.4, 0.5) is 0 Å². The van der Waals surface area contributed by atoms with Gasteiger partial charge in [0.25, 0.3) is 0 Å². The number of carbonyl (C=O) groups is 2. The van der Waals surface area contributed by atoms with Gasteiger partial charge in [0.2, 0.25) is 0 Å². The van der Waals surface area contributed by atoms with Crippen molar-refractivity contribution in [3.63, 3.8) is 0 Å². The third-order valence-electron chi connectivity index (χ3n) is 4.09. The highest BCUT2D eigenvalue weighted by molar-refractivity contribution is 5.84. The number of benzene rings is 2. The van der Waals surface area contributed by atoms with Gasteiger partial charge in [-0.3, -0.25) is 9.59 Å². The van der Waals surface area contributed by atoms with E-state index in [-0.39, 0.29) is 18.5 Å². The van der Waals surface area contributed by atoms with Gasteiger partial charge in [-0.15, -0.1) is 0 Å². The number of hydrogen-bond acceptors (Lipinski definition) is 6. The summed E-state index contributed by atoms with van der Waals surface area (Å²) in [5.41, 5.74) is 0.911. The highest BCUT2D eigenvalue weighted by Crippen LogP contribution is 2.30. The number of phenols is 1. The number of aromatic hydroxyl groups is 1. The molecule has 6 nitrogen and oxygen atoms in total. The summed E-state index contributed by atoms with van der Waals surface area (Å²) in [4.78, 5) is 22.4. The molecule has 0 spiro atoms. The Balaban J connectivity index is 1.84. The van der Waals surface area contributed by atoms with E-state index in [1.54, 1.807) is 18.2 Å². The zero-order valence-corrected chi connectivity index (χ0v) is 14.5. The number of fused-ring (bicyclic) bond motifs is 1. The lowest BCUT2D eigenvalue weighted by atomic mass is 10.00. The van der Waals surface area contributed by atoms with E-state index in [2.05, 4.69) is 0 Å². The molecule has 0 saturated carbocycles. The molecule has 0 unspecified atom stereocenters. The van der Waals surface area contributed by atoms with Gasteiger partial charge in [0.05, 0.1) is 0 Å². The van der Waals surface area contributed by atoms with Crippen LogP contribution in [0.1, 0.15) is 25.5 Å². The Bertz CT molecular complexity index is 857. The largest absolute Gasteiger partial charge is 0.508 e. The van der Waals surface area contributed by atoms with Gasteiger partial charge in [0.1, 0.15) is 30.7 Å². The van der Waals surface area contributed by atoms with E-state index in [9.17, 15) is 14.7 Å². The molecule has 0 fully saturated rings. The van der Waals surface area contributed by atoms with E-state index in [0.717, 1.165) is 16.3 Å². The molecule has 0 aromatic heterocycles. The summed E-state index contributed by atoms with van der Waals surface area (Å²) in [5, 5.41) is 11.5. The normalized spacial score (nSPS) is 22.2. The highest BCUT2D eigenvalue weighted by atomic mass is 16.6. The van der Waals surface area contributed by atoms with Crippen LogP contribution < -0.4 is 0 Å². The fraction of sp³-hybridized carbons (Fsp3) is 0.300. The number of carbonyl (C=O) groups excluding carboxylic acids is 2. The van der Waals surface area contributed by atoms with Gasteiger partial charge >= 0.3 is 11.9 Å². The summed E-state index contributed by atoms with van der Waals surface area (Å²) in [5.74, 6) is -0.642. The lowest BCUT2D eigenvalue weighted by Crippen LogP contribution is -2.39. The molecule has 0 bridgehead atoms. The fourth-order valence-electron chi connectivity index (χ4n) is 2.90. The minimum absolute atomic E-state index is 0.00439. The SMILES string of the molecule is CC(=O)OC[C@H]1O[C@H](c2ccc3cc(O)ccc3c2)C=C[C@@H]1OC(C)=O. The van der Waals surface area contributed by atoms with Crippen LogP contribution >= 0.6 is 0 Å². The quantitative estimate of drug-likeness (QED) is 0.670. The fourth-order valence-corrected chi connectivity index (χ4v) is 2.90. The first-order valence-electron chi connectivity index (χ1n) is 8.29. The molecule has 1 aliphatic heterocycles. The summed E-state index contributed by atoms with van der Waals surface area (Å²) in [6.45, 7) is 2.63.